The number of rotatable bonds is 5. The van der Waals surface area contributed by atoms with Gasteiger partial charge in [-0.05, 0) is 52.0 Å². The van der Waals surface area contributed by atoms with Crippen molar-refractivity contribution in [1.29, 1.82) is 0 Å². The predicted molar refractivity (Wildman–Crippen MR) is 104 cm³/mol. The zero-order valence-electron chi connectivity index (χ0n) is 16.0. The molecule has 1 aromatic carbocycles. The second-order valence-corrected chi connectivity index (χ2v) is 7.38. The first-order valence-electron chi connectivity index (χ1n) is 9.67. The van der Waals surface area contributed by atoms with E-state index in [2.05, 4.69) is 16.7 Å². The quantitative estimate of drug-likeness (QED) is 0.619. The molecule has 6 heteroatoms. The molecule has 144 valence electrons. The highest BCUT2D eigenvalue weighted by atomic mass is 16.2. The molecule has 0 radical (unpaired) electrons. The first kappa shape index (κ1) is 19.1. The fourth-order valence-electron chi connectivity index (χ4n) is 3.76. The van der Waals surface area contributed by atoms with Crippen LogP contribution in [0.3, 0.4) is 0 Å². The average molecular weight is 369 g/mol. The van der Waals surface area contributed by atoms with Crippen molar-refractivity contribution in [3.8, 4) is 0 Å². The third kappa shape index (κ3) is 4.21. The van der Waals surface area contributed by atoms with Crippen molar-refractivity contribution in [2.24, 2.45) is 0 Å². The molecule has 0 bridgehead atoms. The second-order valence-electron chi connectivity index (χ2n) is 7.38. The number of amides is 3. The Hall–Kier alpha value is -2.63. The molecule has 2 N–H and O–H groups in total. The van der Waals surface area contributed by atoms with E-state index >= 15 is 0 Å². The number of carbonyl (C=O) groups excluding carboxylic acids is 3. The number of carbonyl (C=O) groups is 3. The molecule has 0 fully saturated rings. The Kier molecular flexibility index (Phi) is 5.94. The smallest absolute Gasteiger partial charge is 0.310 e. The number of nitrogens with zero attached hydrogens (tertiary/aromatic N) is 1. The highest BCUT2D eigenvalue weighted by Crippen LogP contribution is 2.36. The summed E-state index contributed by atoms with van der Waals surface area (Å²) < 4.78 is 0. The van der Waals surface area contributed by atoms with Crippen LogP contribution in [0.25, 0.3) is 0 Å². The van der Waals surface area contributed by atoms with Crippen LogP contribution >= 0.6 is 0 Å². The third-order valence-electron chi connectivity index (χ3n) is 5.11. The van der Waals surface area contributed by atoms with E-state index in [1.807, 2.05) is 38.1 Å². The first-order valence-corrected chi connectivity index (χ1v) is 9.67. The summed E-state index contributed by atoms with van der Waals surface area (Å²) in [4.78, 5) is 38.9. The molecular weight excluding hydrogens is 342 g/mol. The van der Waals surface area contributed by atoms with Crippen molar-refractivity contribution in [2.75, 3.05) is 11.4 Å². The molecule has 1 aliphatic heterocycles. The van der Waals surface area contributed by atoms with Crippen molar-refractivity contribution in [1.82, 2.24) is 10.6 Å². The van der Waals surface area contributed by atoms with Gasteiger partial charge in [-0.1, -0.05) is 29.8 Å². The minimum absolute atomic E-state index is 0.0295. The highest BCUT2D eigenvalue weighted by Gasteiger charge is 2.39. The third-order valence-corrected chi connectivity index (χ3v) is 5.11. The van der Waals surface area contributed by atoms with Crippen molar-refractivity contribution >= 4 is 23.4 Å². The fraction of sp³-hybridized carbons (Fsp3) is 0.476. The lowest BCUT2D eigenvalue weighted by atomic mass is 9.97. The minimum atomic E-state index is -0.817. The molecule has 0 saturated carbocycles. The van der Waals surface area contributed by atoms with E-state index < -0.39 is 17.9 Å². The largest absolute Gasteiger partial charge is 0.348 e. The summed E-state index contributed by atoms with van der Waals surface area (Å²) in [5, 5.41) is 5.26. The van der Waals surface area contributed by atoms with Crippen LogP contribution in [-0.4, -0.2) is 30.3 Å². The summed E-state index contributed by atoms with van der Waals surface area (Å²) in [7, 11) is 0. The van der Waals surface area contributed by atoms with E-state index in [0.717, 1.165) is 30.5 Å². The van der Waals surface area contributed by atoms with Crippen LogP contribution in [0, 0.1) is 0 Å². The zero-order valence-corrected chi connectivity index (χ0v) is 16.0. The molecule has 1 heterocycles. The predicted octanol–water partition coefficient (Wildman–Crippen LogP) is 2.61. The van der Waals surface area contributed by atoms with E-state index in [-0.39, 0.29) is 11.9 Å². The summed E-state index contributed by atoms with van der Waals surface area (Å²) in [6.45, 7) is 4.28. The van der Waals surface area contributed by atoms with Gasteiger partial charge in [0.25, 0.3) is 5.91 Å². The average Bonchev–Trinajstić information content (AvgIpc) is 2.94. The number of allylic oxidation sites excluding steroid dienone is 1. The molecule has 1 atom stereocenters. The number of para-hydroxylation sites is 1. The van der Waals surface area contributed by atoms with E-state index in [4.69, 9.17) is 0 Å². The monoisotopic (exact) mass is 369 g/mol. The summed E-state index contributed by atoms with van der Waals surface area (Å²) >= 11 is 0. The second kappa shape index (κ2) is 8.37. The van der Waals surface area contributed by atoms with Gasteiger partial charge in [0.05, 0.1) is 0 Å². The zero-order chi connectivity index (χ0) is 19.4. The standard InChI is InChI=1S/C21H27N3O3/c1-14(2)24-17-11-7-6-10-16(17)18(21(24)27)23-20(26)19(25)22-13-12-15-8-4-3-5-9-15/h6-8,10-11,14,18H,3-5,9,12-13H2,1-2H3,(H,22,25)(H,23,26). The lowest BCUT2D eigenvalue weighted by molar-refractivity contribution is -0.140. The van der Waals surface area contributed by atoms with Crippen LogP contribution in [0.4, 0.5) is 5.69 Å². The number of hydrogen-bond donors (Lipinski definition) is 2. The molecule has 2 aliphatic rings. The van der Waals surface area contributed by atoms with Crippen molar-refractivity contribution < 1.29 is 14.4 Å². The van der Waals surface area contributed by atoms with Gasteiger partial charge >= 0.3 is 11.8 Å². The van der Waals surface area contributed by atoms with Crippen LogP contribution < -0.4 is 15.5 Å². The lowest BCUT2D eigenvalue weighted by Crippen LogP contribution is -2.45. The Bertz CT molecular complexity index is 770. The SMILES string of the molecule is CC(C)N1C(=O)C(NC(=O)C(=O)NCCC2=CCCCC2)c2ccccc21. The molecule has 0 aromatic heterocycles. The number of hydrogen-bond acceptors (Lipinski definition) is 3. The number of anilines is 1. The van der Waals surface area contributed by atoms with Gasteiger partial charge in [-0.25, -0.2) is 0 Å². The normalized spacial score (nSPS) is 18.9. The Morgan fingerprint density at radius 2 is 1.96 bits per heavy atom. The van der Waals surface area contributed by atoms with Crippen LogP contribution in [0.15, 0.2) is 35.9 Å². The van der Waals surface area contributed by atoms with Gasteiger partial charge in [0.1, 0.15) is 6.04 Å². The van der Waals surface area contributed by atoms with Gasteiger partial charge in [-0.2, -0.15) is 0 Å². The Morgan fingerprint density at radius 1 is 1.19 bits per heavy atom. The van der Waals surface area contributed by atoms with Gasteiger partial charge in [0.15, 0.2) is 0 Å². The molecule has 1 aromatic rings. The van der Waals surface area contributed by atoms with Crippen molar-refractivity contribution in [3.05, 3.63) is 41.5 Å². The van der Waals surface area contributed by atoms with Gasteiger partial charge in [0, 0.05) is 23.8 Å². The maximum Gasteiger partial charge on any atom is 0.310 e. The maximum atomic E-state index is 12.8. The van der Waals surface area contributed by atoms with Crippen LogP contribution in [0.1, 0.15) is 57.6 Å². The Morgan fingerprint density at radius 3 is 2.67 bits per heavy atom. The fourth-order valence-corrected chi connectivity index (χ4v) is 3.76. The van der Waals surface area contributed by atoms with Crippen LogP contribution in [-0.2, 0) is 14.4 Å². The van der Waals surface area contributed by atoms with Gasteiger partial charge in [0.2, 0.25) is 0 Å². The maximum absolute atomic E-state index is 12.8. The number of nitrogens with one attached hydrogen (secondary N) is 2. The molecule has 0 spiro atoms. The van der Waals surface area contributed by atoms with Gasteiger partial charge < -0.3 is 15.5 Å². The summed E-state index contributed by atoms with van der Waals surface area (Å²) in [5.41, 5.74) is 2.85. The van der Waals surface area contributed by atoms with E-state index in [0.29, 0.717) is 6.54 Å². The first-order chi connectivity index (χ1) is 13.0. The molecule has 1 aliphatic carbocycles. The molecule has 27 heavy (non-hydrogen) atoms. The summed E-state index contributed by atoms with van der Waals surface area (Å²) in [6.07, 6.45) is 7.58. The molecule has 6 nitrogen and oxygen atoms in total. The highest BCUT2D eigenvalue weighted by molar-refractivity contribution is 6.35. The van der Waals surface area contributed by atoms with Crippen molar-refractivity contribution in [2.45, 2.75) is 58.0 Å². The summed E-state index contributed by atoms with van der Waals surface area (Å²) in [6, 6.07) is 6.51. The Labute approximate surface area is 160 Å². The number of benzene rings is 1. The Balaban J connectivity index is 1.59. The van der Waals surface area contributed by atoms with Crippen LogP contribution in [0.5, 0.6) is 0 Å². The topological polar surface area (TPSA) is 78.5 Å². The van der Waals surface area contributed by atoms with Gasteiger partial charge in [-0.3, -0.25) is 14.4 Å². The lowest BCUT2D eigenvalue weighted by Gasteiger charge is -2.22. The number of fused-ring (bicyclic) bond motifs is 1. The van der Waals surface area contributed by atoms with Crippen molar-refractivity contribution in [3.63, 3.8) is 0 Å². The van der Waals surface area contributed by atoms with E-state index in [1.165, 1.54) is 18.4 Å². The molecule has 1 unspecified atom stereocenters. The van der Waals surface area contributed by atoms with Gasteiger partial charge in [-0.15, -0.1) is 0 Å². The molecule has 3 amide bonds. The molecule has 0 saturated heterocycles. The minimum Gasteiger partial charge on any atom is -0.348 e. The molecular formula is C21H27N3O3. The van der Waals surface area contributed by atoms with E-state index in [1.54, 1.807) is 4.90 Å². The van der Waals surface area contributed by atoms with E-state index in [9.17, 15) is 14.4 Å². The molecule has 3 rings (SSSR count). The van der Waals surface area contributed by atoms with Crippen LogP contribution in [0.2, 0.25) is 0 Å². The summed E-state index contributed by atoms with van der Waals surface area (Å²) in [5.74, 6) is -1.68.